The highest BCUT2D eigenvalue weighted by molar-refractivity contribution is 6.30. The Hall–Kier alpha value is -2.00. The van der Waals surface area contributed by atoms with Crippen LogP contribution in [0.4, 0.5) is 0 Å². The maximum Gasteiger partial charge on any atom is 0.168 e. The van der Waals surface area contributed by atoms with Crippen molar-refractivity contribution in [3.63, 3.8) is 0 Å². The van der Waals surface area contributed by atoms with Crippen LogP contribution < -0.4 is 0 Å². The van der Waals surface area contributed by atoms with Crippen LogP contribution in [0.25, 0.3) is 0 Å². The van der Waals surface area contributed by atoms with Crippen LogP contribution in [0.1, 0.15) is 45.0 Å². The fourth-order valence-corrected chi connectivity index (χ4v) is 3.40. The van der Waals surface area contributed by atoms with E-state index in [1.165, 1.54) is 0 Å². The fraction of sp³-hybridized carbons (Fsp3) is 0.235. The van der Waals surface area contributed by atoms with Crippen molar-refractivity contribution < 1.29 is 15.0 Å². The van der Waals surface area contributed by atoms with Crippen LogP contribution in [0, 0.1) is 6.92 Å². The zero-order chi connectivity index (χ0) is 15.1. The van der Waals surface area contributed by atoms with Gasteiger partial charge in [-0.25, -0.2) is 0 Å². The van der Waals surface area contributed by atoms with Crippen LogP contribution in [0.15, 0.2) is 24.3 Å². The average molecular weight is 303 g/mol. The third-order valence-corrected chi connectivity index (χ3v) is 4.56. The standard InChI is InChI=1S/C17H15ClO3/c1-9-15-12(10-2-4-11(18)5-3-10)6-7-13(15)14(8-19)17(21)16(9)20/h2-5,8,12,20-21H,6-7H2,1H3. The van der Waals surface area contributed by atoms with Crippen LogP contribution in [0.3, 0.4) is 0 Å². The maximum absolute atomic E-state index is 11.2. The molecule has 0 spiro atoms. The molecule has 4 heteroatoms. The number of fused-ring (bicyclic) bond motifs is 1. The molecule has 3 rings (SSSR count). The van der Waals surface area contributed by atoms with Crippen LogP contribution in [-0.4, -0.2) is 16.5 Å². The second-order valence-corrected chi connectivity index (χ2v) is 5.83. The SMILES string of the molecule is Cc1c(O)c(O)c(C=O)c2c1C(c1ccc(Cl)cc1)CC2. The maximum atomic E-state index is 11.2. The van der Waals surface area contributed by atoms with Crippen molar-refractivity contribution in [1.82, 2.24) is 0 Å². The van der Waals surface area contributed by atoms with Crippen molar-refractivity contribution in [2.24, 2.45) is 0 Å². The van der Waals surface area contributed by atoms with Crippen molar-refractivity contribution >= 4 is 17.9 Å². The fourth-order valence-electron chi connectivity index (χ4n) is 3.28. The number of benzene rings is 2. The first kappa shape index (κ1) is 14.0. The van der Waals surface area contributed by atoms with Gasteiger partial charge in [-0.2, -0.15) is 0 Å². The first-order valence-corrected chi connectivity index (χ1v) is 7.20. The van der Waals surface area contributed by atoms with Crippen molar-refractivity contribution in [2.75, 3.05) is 0 Å². The van der Waals surface area contributed by atoms with E-state index in [-0.39, 0.29) is 23.0 Å². The lowest BCUT2D eigenvalue weighted by atomic mass is 9.88. The number of carbonyl (C=O) groups is 1. The number of hydrogen-bond donors (Lipinski definition) is 2. The normalized spacial score (nSPS) is 16.8. The Bertz CT molecular complexity index is 720. The Morgan fingerprint density at radius 1 is 1.19 bits per heavy atom. The van der Waals surface area contributed by atoms with Gasteiger partial charge in [0.1, 0.15) is 0 Å². The summed E-state index contributed by atoms with van der Waals surface area (Å²) in [5, 5.41) is 20.7. The highest BCUT2D eigenvalue weighted by Crippen LogP contribution is 2.48. The lowest BCUT2D eigenvalue weighted by molar-refractivity contribution is 0.111. The lowest BCUT2D eigenvalue weighted by Crippen LogP contribution is -2.01. The van der Waals surface area contributed by atoms with Crippen molar-refractivity contribution in [1.29, 1.82) is 0 Å². The summed E-state index contributed by atoms with van der Waals surface area (Å²) < 4.78 is 0. The van der Waals surface area contributed by atoms with Gasteiger partial charge in [-0.1, -0.05) is 23.7 Å². The second kappa shape index (κ2) is 5.08. The van der Waals surface area contributed by atoms with Crippen molar-refractivity contribution in [2.45, 2.75) is 25.7 Å². The van der Waals surface area contributed by atoms with Gasteiger partial charge in [-0.15, -0.1) is 0 Å². The summed E-state index contributed by atoms with van der Waals surface area (Å²) in [6, 6.07) is 7.61. The summed E-state index contributed by atoms with van der Waals surface area (Å²) in [6.45, 7) is 1.77. The Morgan fingerprint density at radius 2 is 1.86 bits per heavy atom. The topological polar surface area (TPSA) is 57.5 Å². The van der Waals surface area contributed by atoms with Gasteiger partial charge in [0.25, 0.3) is 0 Å². The van der Waals surface area contributed by atoms with Crippen molar-refractivity contribution in [3.05, 3.63) is 57.1 Å². The lowest BCUT2D eigenvalue weighted by Gasteiger charge is -2.17. The van der Waals surface area contributed by atoms with E-state index in [0.717, 1.165) is 23.1 Å². The average Bonchev–Trinajstić information content (AvgIpc) is 2.91. The van der Waals surface area contributed by atoms with E-state index < -0.39 is 0 Å². The van der Waals surface area contributed by atoms with E-state index in [0.29, 0.717) is 23.3 Å². The number of carbonyl (C=O) groups excluding carboxylic acids is 1. The molecule has 1 unspecified atom stereocenters. The summed E-state index contributed by atoms with van der Waals surface area (Å²) in [5.41, 5.74) is 3.76. The van der Waals surface area contributed by atoms with Gasteiger partial charge < -0.3 is 10.2 Å². The predicted octanol–water partition coefficient (Wildman–Crippen LogP) is 3.95. The molecule has 0 aliphatic heterocycles. The number of rotatable bonds is 2. The molecular weight excluding hydrogens is 288 g/mol. The van der Waals surface area contributed by atoms with Gasteiger partial charge in [0.15, 0.2) is 17.8 Å². The van der Waals surface area contributed by atoms with Crippen LogP contribution in [0.5, 0.6) is 11.5 Å². The summed E-state index contributed by atoms with van der Waals surface area (Å²) in [4.78, 5) is 11.2. The van der Waals surface area contributed by atoms with Gasteiger partial charge in [0, 0.05) is 10.9 Å². The summed E-state index contributed by atoms with van der Waals surface area (Å²) in [7, 11) is 0. The smallest absolute Gasteiger partial charge is 0.168 e. The predicted molar refractivity (Wildman–Crippen MR) is 81.5 cm³/mol. The molecule has 1 atom stereocenters. The molecule has 0 heterocycles. The van der Waals surface area contributed by atoms with E-state index in [9.17, 15) is 15.0 Å². The molecule has 108 valence electrons. The third kappa shape index (κ3) is 2.09. The molecule has 1 aliphatic rings. The molecule has 2 aromatic carbocycles. The van der Waals surface area contributed by atoms with E-state index in [1.54, 1.807) is 6.92 Å². The van der Waals surface area contributed by atoms with Crippen LogP contribution >= 0.6 is 11.6 Å². The zero-order valence-electron chi connectivity index (χ0n) is 11.6. The van der Waals surface area contributed by atoms with Gasteiger partial charge in [-0.3, -0.25) is 4.79 Å². The largest absolute Gasteiger partial charge is 0.504 e. The highest BCUT2D eigenvalue weighted by atomic mass is 35.5. The minimum Gasteiger partial charge on any atom is -0.504 e. The molecule has 2 aromatic rings. The molecular formula is C17H15ClO3. The first-order chi connectivity index (χ1) is 10.0. The van der Waals surface area contributed by atoms with E-state index in [2.05, 4.69) is 0 Å². The Morgan fingerprint density at radius 3 is 2.48 bits per heavy atom. The highest BCUT2D eigenvalue weighted by Gasteiger charge is 2.31. The Kier molecular flexibility index (Phi) is 3.38. The number of halogens is 1. The van der Waals surface area contributed by atoms with Gasteiger partial charge >= 0.3 is 0 Å². The summed E-state index contributed by atoms with van der Waals surface area (Å²) in [6.07, 6.45) is 2.19. The molecule has 0 saturated carbocycles. The molecule has 0 aromatic heterocycles. The quantitative estimate of drug-likeness (QED) is 0.652. The third-order valence-electron chi connectivity index (χ3n) is 4.31. The summed E-state index contributed by atoms with van der Waals surface area (Å²) in [5.74, 6) is -0.391. The molecule has 1 aliphatic carbocycles. The minimum atomic E-state index is -0.307. The van der Waals surface area contributed by atoms with Gasteiger partial charge in [0.05, 0.1) is 5.56 Å². The number of hydrogen-bond acceptors (Lipinski definition) is 3. The van der Waals surface area contributed by atoms with Gasteiger partial charge in [-0.05, 0) is 54.2 Å². The van der Waals surface area contributed by atoms with E-state index in [1.807, 2.05) is 24.3 Å². The Balaban J connectivity index is 2.20. The number of phenolic OH excluding ortho intramolecular Hbond substituents is 2. The number of aldehydes is 1. The molecule has 0 bridgehead atoms. The molecule has 3 nitrogen and oxygen atoms in total. The summed E-state index contributed by atoms with van der Waals surface area (Å²) >= 11 is 5.92. The Labute approximate surface area is 127 Å². The number of aromatic hydroxyl groups is 2. The molecule has 0 radical (unpaired) electrons. The number of phenols is 2. The molecule has 21 heavy (non-hydrogen) atoms. The van der Waals surface area contributed by atoms with E-state index >= 15 is 0 Å². The molecule has 0 saturated heterocycles. The van der Waals surface area contributed by atoms with Crippen molar-refractivity contribution in [3.8, 4) is 11.5 Å². The zero-order valence-corrected chi connectivity index (χ0v) is 12.3. The van der Waals surface area contributed by atoms with Crippen LogP contribution in [-0.2, 0) is 6.42 Å². The first-order valence-electron chi connectivity index (χ1n) is 6.82. The van der Waals surface area contributed by atoms with Gasteiger partial charge in [0.2, 0.25) is 0 Å². The minimum absolute atomic E-state index is 0.113. The van der Waals surface area contributed by atoms with Crippen LogP contribution in [0.2, 0.25) is 5.02 Å². The molecule has 2 N–H and O–H groups in total. The molecule has 0 amide bonds. The molecule has 0 fully saturated rings. The van der Waals surface area contributed by atoms with E-state index in [4.69, 9.17) is 11.6 Å². The second-order valence-electron chi connectivity index (χ2n) is 5.39. The monoisotopic (exact) mass is 302 g/mol.